The molecule has 2 unspecified atom stereocenters. The van der Waals surface area contributed by atoms with Gasteiger partial charge in [-0.1, -0.05) is 29.8 Å². The maximum absolute atomic E-state index is 13.2. The van der Waals surface area contributed by atoms with Gasteiger partial charge in [0, 0.05) is 10.6 Å². The lowest BCUT2D eigenvalue weighted by Crippen LogP contribution is -2.50. The molecule has 33 heavy (non-hydrogen) atoms. The third-order valence-electron chi connectivity index (χ3n) is 5.66. The van der Waals surface area contributed by atoms with E-state index in [9.17, 15) is 13.5 Å². The van der Waals surface area contributed by atoms with Crippen LogP contribution in [0.15, 0.2) is 81.0 Å². The standard InChI is InChI=1S/C24H20ClNO6S/c1-24(2)22(27)21(30-23-18-12-14(25)8-10-20(18)32-26-23)17-13-16(9-11-19(17)31-24)33(28,29)15-6-4-3-5-7-15/h3-13,21-22,27H,1-2H3. The molecule has 0 saturated carbocycles. The Bertz CT molecular complexity index is 1450. The van der Waals surface area contributed by atoms with E-state index in [2.05, 4.69) is 5.16 Å². The first-order valence-electron chi connectivity index (χ1n) is 10.2. The highest BCUT2D eigenvalue weighted by atomic mass is 35.5. The van der Waals surface area contributed by atoms with E-state index in [-0.39, 0.29) is 15.7 Å². The molecule has 0 aliphatic carbocycles. The number of hydrogen-bond acceptors (Lipinski definition) is 7. The van der Waals surface area contributed by atoms with Crippen LogP contribution in [0.2, 0.25) is 5.02 Å². The number of aromatic nitrogens is 1. The van der Waals surface area contributed by atoms with Crippen LogP contribution >= 0.6 is 11.6 Å². The van der Waals surface area contributed by atoms with Crippen molar-refractivity contribution in [2.24, 2.45) is 0 Å². The van der Waals surface area contributed by atoms with Crippen molar-refractivity contribution in [2.45, 2.75) is 41.4 Å². The molecule has 1 aliphatic rings. The molecule has 0 bridgehead atoms. The topological polar surface area (TPSA) is 98.9 Å². The Morgan fingerprint density at radius 3 is 2.55 bits per heavy atom. The zero-order valence-electron chi connectivity index (χ0n) is 17.7. The molecule has 5 rings (SSSR count). The van der Waals surface area contributed by atoms with Crippen molar-refractivity contribution >= 4 is 32.4 Å². The summed E-state index contributed by atoms with van der Waals surface area (Å²) in [5, 5.41) is 16.1. The van der Waals surface area contributed by atoms with E-state index in [1.54, 1.807) is 56.3 Å². The highest BCUT2D eigenvalue weighted by Crippen LogP contribution is 2.44. The minimum Gasteiger partial charge on any atom is -0.485 e. The van der Waals surface area contributed by atoms with Gasteiger partial charge in [0.2, 0.25) is 9.84 Å². The molecule has 0 saturated heterocycles. The molecular weight excluding hydrogens is 466 g/mol. The van der Waals surface area contributed by atoms with Gasteiger partial charge in [0.15, 0.2) is 11.7 Å². The lowest BCUT2D eigenvalue weighted by Gasteiger charge is -2.41. The molecular formula is C24H20ClNO6S. The average molecular weight is 486 g/mol. The normalized spacial score (nSPS) is 19.6. The quantitative estimate of drug-likeness (QED) is 0.436. The van der Waals surface area contributed by atoms with Crippen LogP contribution in [-0.2, 0) is 9.84 Å². The third-order valence-corrected chi connectivity index (χ3v) is 7.66. The average Bonchev–Trinajstić information content (AvgIpc) is 3.18. The highest BCUT2D eigenvalue weighted by Gasteiger charge is 2.45. The molecule has 9 heteroatoms. The van der Waals surface area contributed by atoms with E-state index >= 15 is 0 Å². The number of fused-ring (bicyclic) bond motifs is 2. The summed E-state index contributed by atoms with van der Waals surface area (Å²) in [6, 6.07) is 17.6. The second-order valence-electron chi connectivity index (χ2n) is 8.33. The maximum atomic E-state index is 13.2. The summed E-state index contributed by atoms with van der Waals surface area (Å²) in [5.41, 5.74) is -0.151. The summed E-state index contributed by atoms with van der Waals surface area (Å²) < 4.78 is 43.8. The van der Waals surface area contributed by atoms with Crippen molar-refractivity contribution in [3.05, 3.63) is 77.3 Å². The minimum atomic E-state index is -3.79. The first-order chi connectivity index (χ1) is 15.7. The summed E-state index contributed by atoms with van der Waals surface area (Å²) >= 11 is 6.11. The van der Waals surface area contributed by atoms with E-state index < -0.39 is 27.6 Å². The SMILES string of the molecule is CC1(C)Oc2ccc(S(=O)(=O)c3ccccc3)cc2C(Oc2noc3ccc(Cl)cc23)C1O. The number of ether oxygens (including phenoxy) is 2. The monoisotopic (exact) mass is 485 g/mol. The van der Waals surface area contributed by atoms with E-state index in [4.69, 9.17) is 25.6 Å². The smallest absolute Gasteiger partial charge is 0.262 e. The molecule has 1 N–H and O–H groups in total. The van der Waals surface area contributed by atoms with Crippen LogP contribution in [0.1, 0.15) is 25.5 Å². The van der Waals surface area contributed by atoms with Gasteiger partial charge >= 0.3 is 0 Å². The lowest BCUT2D eigenvalue weighted by atomic mass is 9.88. The number of rotatable bonds is 4. The molecule has 1 aromatic heterocycles. The molecule has 7 nitrogen and oxygen atoms in total. The van der Waals surface area contributed by atoms with Crippen LogP contribution < -0.4 is 9.47 Å². The zero-order chi connectivity index (χ0) is 23.4. The van der Waals surface area contributed by atoms with Gasteiger partial charge in [0.25, 0.3) is 5.88 Å². The van der Waals surface area contributed by atoms with Gasteiger partial charge in [-0.25, -0.2) is 8.42 Å². The second kappa shape index (κ2) is 7.76. The van der Waals surface area contributed by atoms with Crippen molar-refractivity contribution in [3.63, 3.8) is 0 Å². The predicted octanol–water partition coefficient (Wildman–Crippen LogP) is 4.97. The Kier molecular flexibility index (Phi) is 5.12. The fourth-order valence-corrected chi connectivity index (χ4v) is 5.33. The summed E-state index contributed by atoms with van der Waals surface area (Å²) in [6.45, 7) is 3.45. The first-order valence-corrected chi connectivity index (χ1v) is 12.1. The lowest BCUT2D eigenvalue weighted by molar-refractivity contribution is -0.104. The number of halogens is 1. The van der Waals surface area contributed by atoms with Crippen molar-refractivity contribution < 1.29 is 27.5 Å². The Morgan fingerprint density at radius 2 is 1.79 bits per heavy atom. The summed E-state index contributed by atoms with van der Waals surface area (Å²) in [5.74, 6) is 0.546. The Balaban J connectivity index is 1.62. The number of nitrogens with zero attached hydrogens (tertiary/aromatic N) is 1. The maximum Gasteiger partial charge on any atom is 0.262 e. The minimum absolute atomic E-state index is 0.0598. The number of sulfone groups is 1. The second-order valence-corrected chi connectivity index (χ2v) is 10.7. The Hall–Kier alpha value is -3.07. The van der Waals surface area contributed by atoms with E-state index in [0.29, 0.717) is 27.3 Å². The summed E-state index contributed by atoms with van der Waals surface area (Å²) in [7, 11) is -3.79. The number of aliphatic hydroxyl groups excluding tert-OH is 1. The number of aliphatic hydroxyl groups is 1. The van der Waals surface area contributed by atoms with Crippen LogP contribution in [0.25, 0.3) is 11.0 Å². The molecule has 170 valence electrons. The van der Waals surface area contributed by atoms with Crippen molar-refractivity contribution in [2.75, 3.05) is 0 Å². The van der Waals surface area contributed by atoms with E-state index in [1.807, 2.05) is 0 Å². The van der Waals surface area contributed by atoms with E-state index in [1.165, 1.54) is 24.3 Å². The molecule has 4 aromatic rings. The number of hydrogen-bond donors (Lipinski definition) is 1. The van der Waals surface area contributed by atoms with Gasteiger partial charge in [-0.3, -0.25) is 0 Å². The fraction of sp³-hybridized carbons (Fsp3) is 0.208. The third kappa shape index (κ3) is 3.74. The molecule has 3 aromatic carbocycles. The number of benzene rings is 3. The van der Waals surface area contributed by atoms with Crippen LogP contribution in [0.5, 0.6) is 11.6 Å². The molecule has 0 radical (unpaired) electrons. The van der Waals surface area contributed by atoms with Crippen LogP contribution in [0.4, 0.5) is 0 Å². The highest BCUT2D eigenvalue weighted by molar-refractivity contribution is 7.91. The van der Waals surface area contributed by atoms with Crippen LogP contribution in [-0.4, -0.2) is 30.4 Å². The van der Waals surface area contributed by atoms with Crippen molar-refractivity contribution in [1.82, 2.24) is 5.16 Å². The molecule has 0 spiro atoms. The van der Waals surface area contributed by atoms with Gasteiger partial charge in [0.1, 0.15) is 17.5 Å². The van der Waals surface area contributed by atoms with Gasteiger partial charge in [0.05, 0.1) is 15.2 Å². The van der Waals surface area contributed by atoms with Crippen molar-refractivity contribution in [1.29, 1.82) is 0 Å². The van der Waals surface area contributed by atoms with Crippen LogP contribution in [0.3, 0.4) is 0 Å². The molecule has 2 heterocycles. The van der Waals surface area contributed by atoms with Gasteiger partial charge in [-0.05, 0) is 67.5 Å². The van der Waals surface area contributed by atoms with Gasteiger partial charge < -0.3 is 19.1 Å². The molecule has 1 aliphatic heterocycles. The van der Waals surface area contributed by atoms with Crippen molar-refractivity contribution in [3.8, 4) is 11.6 Å². The Morgan fingerprint density at radius 1 is 1.03 bits per heavy atom. The van der Waals surface area contributed by atoms with Crippen LogP contribution in [0, 0.1) is 0 Å². The molecule has 0 fully saturated rings. The summed E-state index contributed by atoms with van der Waals surface area (Å²) in [4.78, 5) is 0.224. The zero-order valence-corrected chi connectivity index (χ0v) is 19.3. The molecule has 2 atom stereocenters. The predicted molar refractivity (Wildman–Crippen MR) is 121 cm³/mol. The first kappa shape index (κ1) is 21.8. The molecule has 0 amide bonds. The van der Waals surface area contributed by atoms with Gasteiger partial charge in [-0.15, -0.1) is 0 Å². The summed E-state index contributed by atoms with van der Waals surface area (Å²) in [6.07, 6.45) is -2.10. The van der Waals surface area contributed by atoms with Gasteiger partial charge in [-0.2, -0.15) is 0 Å². The Labute approximate surface area is 195 Å². The van der Waals surface area contributed by atoms with E-state index in [0.717, 1.165) is 0 Å². The largest absolute Gasteiger partial charge is 0.485 e. The fourth-order valence-electron chi connectivity index (χ4n) is 3.85.